The number of aromatic nitrogens is 1. The van der Waals surface area contributed by atoms with Gasteiger partial charge in [0.25, 0.3) is 0 Å². The maximum absolute atomic E-state index is 10.0. The molecule has 16 heavy (non-hydrogen) atoms. The Bertz CT molecular complexity index is 320. The highest BCUT2D eigenvalue weighted by molar-refractivity contribution is 6.31. The number of ether oxygens (including phenoxy) is 1. The van der Waals surface area contributed by atoms with Crippen LogP contribution in [0, 0.1) is 0 Å². The molecule has 1 rings (SSSR count). The Morgan fingerprint density at radius 3 is 2.81 bits per heavy atom. The number of nitrogens with zero attached hydrogens (tertiary/aromatic N) is 1. The lowest BCUT2D eigenvalue weighted by atomic mass is 10.0. The van der Waals surface area contributed by atoms with E-state index in [1.807, 2.05) is 19.9 Å². The second-order valence-corrected chi connectivity index (χ2v) is 4.05. The number of aliphatic hydroxyl groups is 1. The molecular weight excluding hydrogens is 226 g/mol. The summed E-state index contributed by atoms with van der Waals surface area (Å²) in [5, 5.41) is 10.6. The van der Waals surface area contributed by atoms with Crippen LogP contribution in [0.25, 0.3) is 0 Å². The summed E-state index contributed by atoms with van der Waals surface area (Å²) in [4.78, 5) is 3.91. The average Bonchev–Trinajstić information content (AvgIpc) is 2.29. The molecule has 0 radical (unpaired) electrons. The minimum atomic E-state index is -0.523. The number of hydrogen-bond donors (Lipinski definition) is 1. The van der Waals surface area contributed by atoms with Crippen molar-refractivity contribution in [1.29, 1.82) is 0 Å². The molecule has 0 aliphatic rings. The lowest BCUT2D eigenvalue weighted by Crippen LogP contribution is -2.30. The summed E-state index contributed by atoms with van der Waals surface area (Å²) in [7, 11) is 0. The zero-order chi connectivity index (χ0) is 12.0. The summed E-state index contributed by atoms with van der Waals surface area (Å²) in [6, 6.07) is 1.82. The summed E-state index contributed by atoms with van der Waals surface area (Å²) >= 11 is 5.98. The standard InChI is InChI=1S/C12H18ClNO2/c1-3-12(16-4-2)11(15)7-9-5-6-14-8-10(9)13/h5-6,8,11-12,15H,3-4,7H2,1-2H3. The van der Waals surface area contributed by atoms with Crippen molar-refractivity contribution < 1.29 is 9.84 Å². The second-order valence-electron chi connectivity index (χ2n) is 3.64. The van der Waals surface area contributed by atoms with Crippen LogP contribution < -0.4 is 0 Å². The molecule has 1 heterocycles. The van der Waals surface area contributed by atoms with Gasteiger partial charge in [-0.3, -0.25) is 4.98 Å². The van der Waals surface area contributed by atoms with Gasteiger partial charge in [-0.1, -0.05) is 18.5 Å². The zero-order valence-corrected chi connectivity index (χ0v) is 10.4. The van der Waals surface area contributed by atoms with Crippen molar-refractivity contribution in [2.45, 2.75) is 38.9 Å². The van der Waals surface area contributed by atoms with Crippen molar-refractivity contribution in [2.75, 3.05) is 6.61 Å². The van der Waals surface area contributed by atoms with Crippen LogP contribution in [0.5, 0.6) is 0 Å². The molecule has 0 aliphatic heterocycles. The fourth-order valence-electron chi connectivity index (χ4n) is 1.64. The lowest BCUT2D eigenvalue weighted by Gasteiger charge is -2.21. The quantitative estimate of drug-likeness (QED) is 0.835. The Labute approximate surface area is 101 Å². The van der Waals surface area contributed by atoms with Gasteiger partial charge in [0.1, 0.15) is 0 Å². The molecule has 0 aliphatic carbocycles. The molecule has 4 heteroatoms. The van der Waals surface area contributed by atoms with Gasteiger partial charge in [0.2, 0.25) is 0 Å². The second kappa shape index (κ2) is 6.84. The zero-order valence-electron chi connectivity index (χ0n) is 9.69. The number of rotatable bonds is 6. The minimum Gasteiger partial charge on any atom is -0.390 e. The van der Waals surface area contributed by atoms with E-state index in [0.29, 0.717) is 18.1 Å². The third kappa shape index (κ3) is 3.74. The maximum atomic E-state index is 10.0. The molecule has 1 N–H and O–H groups in total. The Kier molecular flexibility index (Phi) is 5.74. The number of pyridine rings is 1. The Hall–Kier alpha value is -0.640. The molecule has 1 aromatic heterocycles. The van der Waals surface area contributed by atoms with Crippen LogP contribution in [-0.4, -0.2) is 28.9 Å². The van der Waals surface area contributed by atoms with Crippen LogP contribution >= 0.6 is 11.6 Å². The summed E-state index contributed by atoms with van der Waals surface area (Å²) in [6.07, 6.45) is 3.90. The highest BCUT2D eigenvalue weighted by atomic mass is 35.5. The van der Waals surface area contributed by atoms with Gasteiger partial charge in [-0.2, -0.15) is 0 Å². The lowest BCUT2D eigenvalue weighted by molar-refractivity contribution is -0.0334. The molecule has 3 nitrogen and oxygen atoms in total. The maximum Gasteiger partial charge on any atom is 0.0842 e. The summed E-state index contributed by atoms with van der Waals surface area (Å²) in [5.41, 5.74) is 0.905. The van der Waals surface area contributed by atoms with Crippen molar-refractivity contribution >= 4 is 11.6 Å². The van der Waals surface area contributed by atoms with Gasteiger partial charge in [-0.05, 0) is 25.0 Å². The van der Waals surface area contributed by atoms with Crippen molar-refractivity contribution in [3.63, 3.8) is 0 Å². The minimum absolute atomic E-state index is 0.130. The third-order valence-corrected chi connectivity index (χ3v) is 2.84. The van der Waals surface area contributed by atoms with E-state index in [-0.39, 0.29) is 6.10 Å². The average molecular weight is 244 g/mol. The molecular formula is C12H18ClNO2. The van der Waals surface area contributed by atoms with Gasteiger partial charge in [0, 0.05) is 25.4 Å². The van der Waals surface area contributed by atoms with Crippen molar-refractivity contribution in [3.05, 3.63) is 29.0 Å². The van der Waals surface area contributed by atoms with E-state index in [4.69, 9.17) is 16.3 Å². The normalized spacial score (nSPS) is 14.8. The molecule has 2 atom stereocenters. The third-order valence-electron chi connectivity index (χ3n) is 2.50. The Balaban J connectivity index is 2.62. The molecule has 0 saturated heterocycles. The van der Waals surface area contributed by atoms with Crippen LogP contribution in [-0.2, 0) is 11.2 Å². The topological polar surface area (TPSA) is 42.4 Å². The van der Waals surface area contributed by atoms with Crippen LogP contribution in [0.4, 0.5) is 0 Å². The fourth-order valence-corrected chi connectivity index (χ4v) is 1.84. The monoisotopic (exact) mass is 243 g/mol. The van der Waals surface area contributed by atoms with E-state index in [9.17, 15) is 5.11 Å². The van der Waals surface area contributed by atoms with Gasteiger partial charge in [-0.15, -0.1) is 0 Å². The number of aliphatic hydroxyl groups excluding tert-OH is 1. The predicted octanol–water partition coefficient (Wildman–Crippen LogP) is 2.45. The van der Waals surface area contributed by atoms with Gasteiger partial charge in [0.15, 0.2) is 0 Å². The Morgan fingerprint density at radius 1 is 1.50 bits per heavy atom. The van der Waals surface area contributed by atoms with E-state index in [1.165, 1.54) is 0 Å². The molecule has 90 valence electrons. The largest absolute Gasteiger partial charge is 0.390 e. The van der Waals surface area contributed by atoms with E-state index in [0.717, 1.165) is 12.0 Å². The van der Waals surface area contributed by atoms with Crippen molar-refractivity contribution in [3.8, 4) is 0 Å². The van der Waals surface area contributed by atoms with E-state index in [1.54, 1.807) is 12.4 Å². The van der Waals surface area contributed by atoms with Crippen LogP contribution in [0.15, 0.2) is 18.5 Å². The smallest absolute Gasteiger partial charge is 0.0842 e. The van der Waals surface area contributed by atoms with Crippen LogP contribution in [0.1, 0.15) is 25.8 Å². The highest BCUT2D eigenvalue weighted by Crippen LogP contribution is 2.18. The molecule has 0 bridgehead atoms. The van der Waals surface area contributed by atoms with Crippen molar-refractivity contribution in [2.24, 2.45) is 0 Å². The van der Waals surface area contributed by atoms with E-state index >= 15 is 0 Å². The molecule has 1 aromatic rings. The Morgan fingerprint density at radius 2 is 2.25 bits per heavy atom. The molecule has 0 saturated carbocycles. The summed E-state index contributed by atoms with van der Waals surface area (Å²) in [5.74, 6) is 0. The molecule has 0 aromatic carbocycles. The highest BCUT2D eigenvalue weighted by Gasteiger charge is 2.18. The van der Waals surface area contributed by atoms with E-state index in [2.05, 4.69) is 4.98 Å². The van der Waals surface area contributed by atoms with Gasteiger partial charge in [-0.25, -0.2) is 0 Å². The first-order chi connectivity index (χ1) is 7.69. The van der Waals surface area contributed by atoms with Gasteiger partial charge >= 0.3 is 0 Å². The van der Waals surface area contributed by atoms with Crippen LogP contribution in [0.3, 0.4) is 0 Å². The van der Waals surface area contributed by atoms with Gasteiger partial charge < -0.3 is 9.84 Å². The summed E-state index contributed by atoms with van der Waals surface area (Å²) in [6.45, 7) is 4.53. The SMILES string of the molecule is CCOC(CC)C(O)Cc1ccncc1Cl. The van der Waals surface area contributed by atoms with Gasteiger partial charge in [0.05, 0.1) is 17.2 Å². The molecule has 2 unspecified atom stereocenters. The molecule has 0 amide bonds. The number of halogens is 1. The van der Waals surface area contributed by atoms with E-state index < -0.39 is 6.10 Å². The first-order valence-electron chi connectivity index (χ1n) is 5.57. The first-order valence-corrected chi connectivity index (χ1v) is 5.94. The fraction of sp³-hybridized carbons (Fsp3) is 0.583. The van der Waals surface area contributed by atoms with Crippen molar-refractivity contribution in [1.82, 2.24) is 4.98 Å². The molecule has 0 spiro atoms. The molecule has 0 fully saturated rings. The summed E-state index contributed by atoms with van der Waals surface area (Å²) < 4.78 is 5.46. The predicted molar refractivity (Wildman–Crippen MR) is 64.7 cm³/mol. The number of hydrogen-bond acceptors (Lipinski definition) is 3. The van der Waals surface area contributed by atoms with Crippen LogP contribution in [0.2, 0.25) is 5.02 Å². The first kappa shape index (κ1) is 13.4.